The number of aromatic nitrogens is 2. The Hall–Kier alpha value is -2.65. The van der Waals surface area contributed by atoms with Crippen molar-refractivity contribution in [1.82, 2.24) is 10.2 Å². The fraction of sp³-hybridized carbons (Fsp3) is 0.286. The number of nitrogens with zero attached hydrogens (tertiary/aromatic N) is 3. The SMILES string of the molecule is COc1ccc(Br)cc1-c1ccc2c(N[C@H](C)C3CC3)c(C#N)nnc2c1. The molecule has 4 rings (SSSR count). The van der Waals surface area contributed by atoms with Crippen molar-refractivity contribution in [3.63, 3.8) is 0 Å². The molecule has 27 heavy (non-hydrogen) atoms. The van der Waals surface area contributed by atoms with Crippen molar-refractivity contribution in [3.8, 4) is 22.9 Å². The van der Waals surface area contributed by atoms with E-state index in [0.717, 1.165) is 37.9 Å². The van der Waals surface area contributed by atoms with E-state index < -0.39 is 0 Å². The van der Waals surface area contributed by atoms with E-state index in [1.165, 1.54) is 12.8 Å². The zero-order valence-electron chi connectivity index (χ0n) is 15.2. The van der Waals surface area contributed by atoms with Gasteiger partial charge in [-0.1, -0.05) is 22.0 Å². The average molecular weight is 423 g/mol. The molecular weight excluding hydrogens is 404 g/mol. The number of methoxy groups -OCH3 is 1. The number of nitriles is 1. The molecule has 1 heterocycles. The largest absolute Gasteiger partial charge is 0.496 e. The van der Waals surface area contributed by atoms with Gasteiger partial charge in [-0.3, -0.25) is 0 Å². The minimum Gasteiger partial charge on any atom is -0.496 e. The molecule has 0 bridgehead atoms. The Morgan fingerprint density at radius 1 is 1.22 bits per heavy atom. The number of benzene rings is 2. The molecule has 1 saturated carbocycles. The molecule has 0 radical (unpaired) electrons. The molecule has 0 unspecified atom stereocenters. The zero-order chi connectivity index (χ0) is 19.0. The number of hydrogen-bond acceptors (Lipinski definition) is 5. The van der Waals surface area contributed by atoms with Crippen LogP contribution in [0, 0.1) is 17.2 Å². The number of ether oxygens (including phenoxy) is 1. The molecule has 2 aromatic carbocycles. The van der Waals surface area contributed by atoms with Gasteiger partial charge in [0, 0.05) is 21.5 Å². The van der Waals surface area contributed by atoms with E-state index in [2.05, 4.69) is 44.4 Å². The van der Waals surface area contributed by atoms with Gasteiger partial charge in [0.2, 0.25) is 0 Å². The van der Waals surface area contributed by atoms with E-state index in [1.54, 1.807) is 7.11 Å². The second kappa shape index (κ2) is 7.16. The fourth-order valence-electron chi connectivity index (χ4n) is 3.35. The van der Waals surface area contributed by atoms with Crippen molar-refractivity contribution >= 4 is 32.5 Å². The van der Waals surface area contributed by atoms with E-state index in [9.17, 15) is 5.26 Å². The summed E-state index contributed by atoms with van der Waals surface area (Å²) in [6, 6.07) is 14.4. The zero-order valence-corrected chi connectivity index (χ0v) is 16.7. The third-order valence-electron chi connectivity index (χ3n) is 5.04. The summed E-state index contributed by atoms with van der Waals surface area (Å²) >= 11 is 3.52. The Morgan fingerprint density at radius 3 is 2.74 bits per heavy atom. The Morgan fingerprint density at radius 2 is 2.04 bits per heavy atom. The summed E-state index contributed by atoms with van der Waals surface area (Å²) in [4.78, 5) is 0. The van der Waals surface area contributed by atoms with Crippen molar-refractivity contribution in [3.05, 3.63) is 46.6 Å². The lowest BCUT2D eigenvalue weighted by molar-refractivity contribution is 0.416. The minimum atomic E-state index is 0.314. The molecule has 6 heteroatoms. The van der Waals surface area contributed by atoms with Gasteiger partial charge in [-0.25, -0.2) is 0 Å². The first-order valence-electron chi connectivity index (χ1n) is 8.91. The molecule has 0 amide bonds. The molecule has 5 nitrogen and oxygen atoms in total. The van der Waals surface area contributed by atoms with E-state index in [1.807, 2.05) is 36.4 Å². The van der Waals surface area contributed by atoms with Gasteiger partial charge in [-0.2, -0.15) is 5.26 Å². The quantitative estimate of drug-likeness (QED) is 0.615. The number of anilines is 1. The van der Waals surface area contributed by atoms with Crippen LogP contribution in [-0.2, 0) is 0 Å². The van der Waals surface area contributed by atoms with Crippen LogP contribution in [0.2, 0.25) is 0 Å². The van der Waals surface area contributed by atoms with Crippen LogP contribution in [0.4, 0.5) is 5.69 Å². The molecule has 0 spiro atoms. The smallest absolute Gasteiger partial charge is 0.186 e. The highest BCUT2D eigenvalue weighted by molar-refractivity contribution is 9.10. The van der Waals surface area contributed by atoms with Crippen LogP contribution in [0.15, 0.2) is 40.9 Å². The topological polar surface area (TPSA) is 70.8 Å². The van der Waals surface area contributed by atoms with Gasteiger partial charge in [-0.15, -0.1) is 10.2 Å². The highest BCUT2D eigenvalue weighted by atomic mass is 79.9. The predicted molar refractivity (Wildman–Crippen MR) is 110 cm³/mol. The molecule has 0 saturated heterocycles. The number of halogens is 1. The van der Waals surface area contributed by atoms with Crippen molar-refractivity contribution in [2.24, 2.45) is 5.92 Å². The van der Waals surface area contributed by atoms with Gasteiger partial charge in [0.15, 0.2) is 5.69 Å². The molecule has 1 atom stereocenters. The summed E-state index contributed by atoms with van der Waals surface area (Å²) in [6.07, 6.45) is 2.47. The van der Waals surface area contributed by atoms with E-state index in [0.29, 0.717) is 17.7 Å². The molecule has 1 aromatic heterocycles. The molecule has 1 fully saturated rings. The predicted octanol–water partition coefficient (Wildman–Crippen LogP) is 5.15. The Bertz CT molecular complexity index is 1060. The Balaban J connectivity index is 1.82. The van der Waals surface area contributed by atoms with Crippen LogP contribution < -0.4 is 10.1 Å². The van der Waals surface area contributed by atoms with Crippen molar-refractivity contribution in [1.29, 1.82) is 5.26 Å². The summed E-state index contributed by atoms with van der Waals surface area (Å²) < 4.78 is 6.48. The van der Waals surface area contributed by atoms with Gasteiger partial charge in [-0.05, 0) is 61.6 Å². The highest BCUT2D eigenvalue weighted by Gasteiger charge is 2.29. The maximum absolute atomic E-state index is 9.46. The first-order chi connectivity index (χ1) is 13.1. The van der Waals surface area contributed by atoms with Gasteiger partial charge in [0.05, 0.1) is 18.3 Å². The van der Waals surface area contributed by atoms with E-state index >= 15 is 0 Å². The van der Waals surface area contributed by atoms with Gasteiger partial charge in [0.25, 0.3) is 0 Å². The molecule has 1 N–H and O–H groups in total. The summed E-state index contributed by atoms with van der Waals surface area (Å²) in [6.45, 7) is 2.16. The standard InChI is InChI=1S/C21H19BrN4O/c1-12(13-3-4-13)24-21-16-7-5-14(9-18(16)25-26-19(21)11-23)17-10-15(22)6-8-20(17)27-2/h5-10,12-13H,3-4H2,1-2H3,(H,24,25)/t12-/m1/s1. The molecule has 3 aromatic rings. The molecule has 136 valence electrons. The number of hydrogen-bond donors (Lipinski definition) is 1. The van der Waals surface area contributed by atoms with Gasteiger partial charge < -0.3 is 10.1 Å². The van der Waals surface area contributed by atoms with Gasteiger partial charge >= 0.3 is 0 Å². The summed E-state index contributed by atoms with van der Waals surface area (Å²) in [7, 11) is 1.66. The Labute approximate surface area is 166 Å². The molecule has 0 aliphatic heterocycles. The average Bonchev–Trinajstić information content (AvgIpc) is 3.53. The van der Waals surface area contributed by atoms with Crippen LogP contribution in [0.1, 0.15) is 25.5 Å². The highest BCUT2D eigenvalue weighted by Crippen LogP contribution is 2.37. The van der Waals surface area contributed by atoms with Crippen LogP contribution in [0.5, 0.6) is 5.75 Å². The summed E-state index contributed by atoms with van der Waals surface area (Å²) in [5.41, 5.74) is 3.82. The minimum absolute atomic E-state index is 0.314. The maximum atomic E-state index is 9.46. The van der Waals surface area contributed by atoms with Gasteiger partial charge in [0.1, 0.15) is 11.8 Å². The Kier molecular flexibility index (Phi) is 4.71. The lowest BCUT2D eigenvalue weighted by Crippen LogP contribution is -2.19. The lowest BCUT2D eigenvalue weighted by Gasteiger charge is -2.17. The lowest BCUT2D eigenvalue weighted by atomic mass is 10.0. The summed E-state index contributed by atoms with van der Waals surface area (Å²) in [5, 5.41) is 22.3. The van der Waals surface area contributed by atoms with Crippen LogP contribution in [0.25, 0.3) is 22.0 Å². The third-order valence-corrected chi connectivity index (χ3v) is 5.53. The number of nitrogens with one attached hydrogen (secondary N) is 1. The number of fused-ring (bicyclic) bond motifs is 1. The second-order valence-electron chi connectivity index (χ2n) is 6.88. The van der Waals surface area contributed by atoms with Crippen molar-refractivity contribution in [2.45, 2.75) is 25.8 Å². The molecule has 1 aliphatic carbocycles. The van der Waals surface area contributed by atoms with E-state index in [4.69, 9.17) is 4.74 Å². The first-order valence-corrected chi connectivity index (χ1v) is 9.71. The monoisotopic (exact) mass is 422 g/mol. The summed E-state index contributed by atoms with van der Waals surface area (Å²) in [5.74, 6) is 1.46. The van der Waals surface area contributed by atoms with Crippen molar-refractivity contribution < 1.29 is 4.74 Å². The van der Waals surface area contributed by atoms with Crippen LogP contribution in [-0.4, -0.2) is 23.3 Å². The fourth-order valence-corrected chi connectivity index (χ4v) is 3.71. The normalized spacial score (nSPS) is 14.6. The molecule has 1 aliphatic rings. The first kappa shape index (κ1) is 17.7. The second-order valence-corrected chi connectivity index (χ2v) is 7.80. The third kappa shape index (κ3) is 3.47. The van der Waals surface area contributed by atoms with Crippen molar-refractivity contribution in [2.75, 3.05) is 12.4 Å². The maximum Gasteiger partial charge on any atom is 0.186 e. The number of rotatable bonds is 5. The van der Waals surface area contributed by atoms with Crippen LogP contribution >= 0.6 is 15.9 Å². The van der Waals surface area contributed by atoms with Crippen LogP contribution in [0.3, 0.4) is 0 Å². The van der Waals surface area contributed by atoms with E-state index in [-0.39, 0.29) is 0 Å². The molecular formula is C21H19BrN4O.